The van der Waals surface area contributed by atoms with E-state index in [2.05, 4.69) is 5.32 Å². The third-order valence-corrected chi connectivity index (χ3v) is 10.1. The number of hydrogen-bond donors (Lipinski definition) is 1. The van der Waals surface area contributed by atoms with Crippen LogP contribution in [0.3, 0.4) is 0 Å². The molecular weight excluding hydrogens is 617 g/mol. The SMILES string of the molecule is CC[C@@H](C(=O)NC1CCCC1)N(Cc1ccc(Cl)cc1Cl)C(=O)CN(c1ccccc1Cl)S(=O)(=O)c1ccc(C)cc1. The second-order valence-corrected chi connectivity index (χ2v) is 13.6. The maximum atomic E-state index is 14.2. The Balaban J connectivity index is 1.74. The molecule has 1 N–H and O–H groups in total. The Morgan fingerprint density at radius 3 is 2.24 bits per heavy atom. The van der Waals surface area contributed by atoms with Crippen LogP contribution in [0.2, 0.25) is 15.1 Å². The molecule has 7 nitrogen and oxygen atoms in total. The summed E-state index contributed by atoms with van der Waals surface area (Å²) in [5.41, 5.74) is 1.62. The van der Waals surface area contributed by atoms with Crippen LogP contribution in [0.4, 0.5) is 5.69 Å². The molecule has 0 radical (unpaired) electrons. The van der Waals surface area contributed by atoms with E-state index in [1.54, 1.807) is 54.6 Å². The first-order valence-corrected chi connectivity index (χ1v) is 16.5. The number of sulfonamides is 1. The zero-order valence-electron chi connectivity index (χ0n) is 23.5. The Hall–Kier alpha value is -2.78. The number of para-hydroxylation sites is 1. The Labute approximate surface area is 262 Å². The summed E-state index contributed by atoms with van der Waals surface area (Å²) < 4.78 is 29.0. The number of halogens is 3. The molecule has 42 heavy (non-hydrogen) atoms. The number of amides is 2. The van der Waals surface area contributed by atoms with E-state index in [4.69, 9.17) is 34.8 Å². The summed E-state index contributed by atoms with van der Waals surface area (Å²) in [6.07, 6.45) is 4.15. The molecule has 11 heteroatoms. The molecule has 0 aliphatic heterocycles. The minimum atomic E-state index is -4.22. The van der Waals surface area contributed by atoms with E-state index in [1.807, 2.05) is 13.8 Å². The zero-order valence-corrected chi connectivity index (χ0v) is 26.6. The molecule has 0 unspecified atom stereocenters. The maximum absolute atomic E-state index is 14.2. The average Bonchev–Trinajstić information content (AvgIpc) is 3.46. The van der Waals surface area contributed by atoms with Crippen molar-refractivity contribution in [2.24, 2.45) is 0 Å². The summed E-state index contributed by atoms with van der Waals surface area (Å²) in [6.45, 7) is 3.06. The van der Waals surface area contributed by atoms with Crippen molar-refractivity contribution in [2.45, 2.75) is 69.5 Å². The third-order valence-electron chi connectivity index (χ3n) is 7.45. The molecule has 224 valence electrons. The Kier molecular flexibility index (Phi) is 10.8. The lowest BCUT2D eigenvalue weighted by molar-refractivity contribution is -0.140. The smallest absolute Gasteiger partial charge is 0.264 e. The average molecular weight is 651 g/mol. The highest BCUT2D eigenvalue weighted by Crippen LogP contribution is 2.31. The second kappa shape index (κ2) is 14.1. The quantitative estimate of drug-likeness (QED) is 0.242. The molecule has 1 fully saturated rings. The minimum absolute atomic E-state index is 0.0131. The molecule has 0 saturated heterocycles. The molecule has 0 spiro atoms. The Morgan fingerprint density at radius 2 is 1.62 bits per heavy atom. The van der Waals surface area contributed by atoms with E-state index in [1.165, 1.54) is 17.0 Å². The minimum Gasteiger partial charge on any atom is -0.352 e. The normalized spacial score (nSPS) is 14.4. The molecule has 3 aromatic carbocycles. The number of benzene rings is 3. The van der Waals surface area contributed by atoms with E-state index in [0.717, 1.165) is 35.6 Å². The largest absolute Gasteiger partial charge is 0.352 e. The van der Waals surface area contributed by atoms with Gasteiger partial charge in [-0.25, -0.2) is 8.42 Å². The number of hydrogen-bond acceptors (Lipinski definition) is 4. The summed E-state index contributed by atoms with van der Waals surface area (Å²) >= 11 is 19.1. The predicted octanol–water partition coefficient (Wildman–Crippen LogP) is 7.02. The monoisotopic (exact) mass is 649 g/mol. The maximum Gasteiger partial charge on any atom is 0.264 e. The lowest BCUT2D eigenvalue weighted by Crippen LogP contribution is -2.53. The van der Waals surface area contributed by atoms with Crippen molar-refractivity contribution < 1.29 is 18.0 Å². The summed E-state index contributed by atoms with van der Waals surface area (Å²) in [4.78, 5) is 29.2. The van der Waals surface area contributed by atoms with Crippen LogP contribution in [-0.4, -0.2) is 43.8 Å². The van der Waals surface area contributed by atoms with Crippen LogP contribution in [-0.2, 0) is 26.2 Å². The molecule has 3 aromatic rings. The van der Waals surface area contributed by atoms with E-state index in [0.29, 0.717) is 22.0 Å². The van der Waals surface area contributed by atoms with Crippen molar-refractivity contribution in [3.8, 4) is 0 Å². The van der Waals surface area contributed by atoms with Gasteiger partial charge in [0, 0.05) is 22.6 Å². The highest BCUT2D eigenvalue weighted by molar-refractivity contribution is 7.92. The molecule has 1 aliphatic carbocycles. The second-order valence-electron chi connectivity index (χ2n) is 10.4. The van der Waals surface area contributed by atoms with Crippen LogP contribution < -0.4 is 9.62 Å². The van der Waals surface area contributed by atoms with Gasteiger partial charge in [-0.1, -0.05) is 90.5 Å². The van der Waals surface area contributed by atoms with E-state index >= 15 is 0 Å². The van der Waals surface area contributed by atoms with Crippen LogP contribution in [0.25, 0.3) is 0 Å². The fourth-order valence-corrected chi connectivity index (χ4v) is 7.31. The number of rotatable bonds is 11. The van der Waals surface area contributed by atoms with Crippen molar-refractivity contribution >= 4 is 62.3 Å². The molecule has 2 amide bonds. The van der Waals surface area contributed by atoms with Gasteiger partial charge in [-0.15, -0.1) is 0 Å². The van der Waals surface area contributed by atoms with Crippen molar-refractivity contribution in [1.29, 1.82) is 0 Å². The van der Waals surface area contributed by atoms with E-state index < -0.39 is 28.5 Å². The van der Waals surface area contributed by atoms with Crippen LogP contribution in [0, 0.1) is 6.92 Å². The van der Waals surface area contributed by atoms with E-state index in [-0.39, 0.29) is 34.1 Å². The number of carbonyl (C=O) groups is 2. The van der Waals surface area contributed by atoms with Gasteiger partial charge in [0.2, 0.25) is 11.8 Å². The summed E-state index contributed by atoms with van der Waals surface area (Å²) in [7, 11) is -4.22. The molecule has 1 saturated carbocycles. The molecule has 1 atom stereocenters. The third kappa shape index (κ3) is 7.59. The number of carbonyl (C=O) groups excluding carboxylic acids is 2. The van der Waals surface area contributed by atoms with Gasteiger partial charge in [-0.2, -0.15) is 0 Å². The highest BCUT2D eigenvalue weighted by atomic mass is 35.5. The number of nitrogens with one attached hydrogen (secondary N) is 1. The van der Waals surface area contributed by atoms with Gasteiger partial charge in [0.15, 0.2) is 0 Å². The molecule has 0 heterocycles. The molecule has 0 bridgehead atoms. The Bertz CT molecular complexity index is 1530. The topological polar surface area (TPSA) is 86.8 Å². The van der Waals surface area contributed by atoms with Gasteiger partial charge in [-0.3, -0.25) is 13.9 Å². The van der Waals surface area contributed by atoms with Gasteiger partial charge in [0.05, 0.1) is 15.6 Å². The highest BCUT2D eigenvalue weighted by Gasteiger charge is 2.35. The van der Waals surface area contributed by atoms with Gasteiger partial charge >= 0.3 is 0 Å². The fraction of sp³-hybridized carbons (Fsp3) is 0.355. The fourth-order valence-electron chi connectivity index (χ4n) is 5.13. The summed E-state index contributed by atoms with van der Waals surface area (Å²) in [5, 5.41) is 4.02. The van der Waals surface area contributed by atoms with Crippen molar-refractivity contribution in [1.82, 2.24) is 10.2 Å². The first-order chi connectivity index (χ1) is 20.0. The Morgan fingerprint density at radius 1 is 0.952 bits per heavy atom. The summed E-state index contributed by atoms with van der Waals surface area (Å²) in [6, 6.07) is 16.9. The molecule has 1 aliphatic rings. The molecule has 4 rings (SSSR count). The number of nitrogens with zero attached hydrogens (tertiary/aromatic N) is 2. The van der Waals surface area contributed by atoms with Gasteiger partial charge in [0.25, 0.3) is 10.0 Å². The van der Waals surface area contributed by atoms with Crippen molar-refractivity contribution in [3.63, 3.8) is 0 Å². The van der Waals surface area contributed by atoms with Crippen LogP contribution in [0.5, 0.6) is 0 Å². The zero-order chi connectivity index (χ0) is 30.4. The standard InChI is InChI=1S/C31H34Cl3N3O4S/c1-3-28(31(39)35-24-8-4-5-9-24)36(19-22-14-15-23(32)18-27(22)34)30(38)20-37(29-11-7-6-10-26(29)33)42(40,41)25-16-12-21(2)13-17-25/h6-7,10-18,24,28H,3-5,8-9,19-20H2,1-2H3,(H,35,39)/t28-/m0/s1. The number of aryl methyl sites for hydroxylation is 1. The first-order valence-electron chi connectivity index (χ1n) is 13.9. The lowest BCUT2D eigenvalue weighted by Gasteiger charge is -2.34. The van der Waals surface area contributed by atoms with Gasteiger partial charge < -0.3 is 10.2 Å². The molecular formula is C31H34Cl3N3O4S. The van der Waals surface area contributed by atoms with Crippen molar-refractivity contribution in [2.75, 3.05) is 10.8 Å². The van der Waals surface area contributed by atoms with Crippen LogP contribution >= 0.6 is 34.8 Å². The van der Waals surface area contributed by atoms with Gasteiger partial charge in [0.1, 0.15) is 12.6 Å². The number of anilines is 1. The van der Waals surface area contributed by atoms with Crippen LogP contribution in [0.1, 0.15) is 50.2 Å². The first kappa shape index (κ1) is 32.1. The molecule has 0 aromatic heterocycles. The van der Waals surface area contributed by atoms with Crippen LogP contribution in [0.15, 0.2) is 71.6 Å². The summed E-state index contributed by atoms with van der Waals surface area (Å²) in [5.74, 6) is -0.862. The van der Waals surface area contributed by atoms with Crippen molar-refractivity contribution in [3.05, 3.63) is 92.9 Å². The van der Waals surface area contributed by atoms with Gasteiger partial charge in [-0.05, 0) is 68.1 Å². The lowest BCUT2D eigenvalue weighted by atomic mass is 10.1. The van der Waals surface area contributed by atoms with E-state index in [9.17, 15) is 18.0 Å². The predicted molar refractivity (Wildman–Crippen MR) is 169 cm³/mol.